The lowest BCUT2D eigenvalue weighted by molar-refractivity contribution is -0.130. The molecule has 0 saturated carbocycles. The molecule has 1 N–H and O–H groups in total. The fourth-order valence-electron chi connectivity index (χ4n) is 3.02. The molecule has 0 radical (unpaired) electrons. The Labute approximate surface area is 128 Å². The number of nitrogens with zero attached hydrogens (tertiary/aromatic N) is 4. The van der Waals surface area contributed by atoms with Crippen LogP contribution in [0, 0.1) is 0 Å². The SMILES string of the molecule is CNC(=O)c1cnn2c(C3CCCN(C(C)=O)C3)ccnc12. The molecule has 1 atom stereocenters. The van der Waals surface area contributed by atoms with Crippen LogP contribution in [0.25, 0.3) is 5.65 Å². The van der Waals surface area contributed by atoms with Crippen molar-refractivity contribution in [3.8, 4) is 0 Å². The van der Waals surface area contributed by atoms with Gasteiger partial charge in [0.25, 0.3) is 5.91 Å². The number of likely N-dealkylation sites (tertiary alicyclic amines) is 1. The summed E-state index contributed by atoms with van der Waals surface area (Å²) in [7, 11) is 1.58. The van der Waals surface area contributed by atoms with E-state index in [0.29, 0.717) is 17.8 Å². The van der Waals surface area contributed by atoms with Crippen LogP contribution in [0.3, 0.4) is 0 Å². The summed E-state index contributed by atoms with van der Waals surface area (Å²) in [6.07, 6.45) is 5.21. The van der Waals surface area contributed by atoms with Crippen LogP contribution in [0.5, 0.6) is 0 Å². The molecule has 1 aliphatic rings. The zero-order valence-electron chi connectivity index (χ0n) is 12.7. The average Bonchev–Trinajstić information content (AvgIpc) is 2.98. The molecule has 3 rings (SSSR count). The van der Waals surface area contributed by atoms with Crippen molar-refractivity contribution in [2.24, 2.45) is 0 Å². The number of amides is 2. The minimum Gasteiger partial charge on any atom is -0.355 e. The summed E-state index contributed by atoms with van der Waals surface area (Å²) < 4.78 is 1.72. The number of hydrogen-bond acceptors (Lipinski definition) is 4. The van der Waals surface area contributed by atoms with Crippen molar-refractivity contribution in [3.05, 3.63) is 29.7 Å². The summed E-state index contributed by atoms with van der Waals surface area (Å²) in [6, 6.07) is 1.92. The monoisotopic (exact) mass is 301 g/mol. The van der Waals surface area contributed by atoms with Crippen molar-refractivity contribution in [2.45, 2.75) is 25.7 Å². The molecule has 7 heteroatoms. The first-order valence-electron chi connectivity index (χ1n) is 7.42. The molecule has 2 amide bonds. The molecule has 1 unspecified atom stereocenters. The summed E-state index contributed by atoms with van der Waals surface area (Å²) in [5.41, 5.74) is 2.01. The van der Waals surface area contributed by atoms with Gasteiger partial charge in [-0.3, -0.25) is 9.59 Å². The standard InChI is InChI=1S/C15H19N5O2/c1-10(21)19-7-3-4-11(9-19)13-5-6-17-14-12(15(22)16-2)8-18-20(13)14/h5-6,8,11H,3-4,7,9H2,1-2H3,(H,16,22). The number of carbonyl (C=O) groups excluding carboxylic acids is 2. The second-order valence-electron chi connectivity index (χ2n) is 5.55. The second-order valence-corrected chi connectivity index (χ2v) is 5.55. The van der Waals surface area contributed by atoms with Gasteiger partial charge in [-0.15, -0.1) is 0 Å². The molecule has 1 fully saturated rings. The van der Waals surface area contributed by atoms with Gasteiger partial charge < -0.3 is 10.2 Å². The van der Waals surface area contributed by atoms with E-state index in [2.05, 4.69) is 15.4 Å². The average molecular weight is 301 g/mol. The van der Waals surface area contributed by atoms with Crippen LogP contribution in [0.1, 0.15) is 41.7 Å². The molecule has 116 valence electrons. The number of fused-ring (bicyclic) bond motifs is 1. The Bertz CT molecular complexity index is 724. The van der Waals surface area contributed by atoms with Gasteiger partial charge >= 0.3 is 0 Å². The first kappa shape index (κ1) is 14.5. The first-order chi connectivity index (χ1) is 10.6. The molecular weight excluding hydrogens is 282 g/mol. The van der Waals surface area contributed by atoms with Crippen molar-refractivity contribution in [3.63, 3.8) is 0 Å². The number of carbonyl (C=O) groups is 2. The number of hydrogen-bond donors (Lipinski definition) is 1. The van der Waals surface area contributed by atoms with Gasteiger partial charge in [0.1, 0.15) is 5.56 Å². The Morgan fingerprint density at radius 2 is 2.23 bits per heavy atom. The van der Waals surface area contributed by atoms with Gasteiger partial charge in [-0.25, -0.2) is 9.50 Å². The van der Waals surface area contributed by atoms with E-state index < -0.39 is 0 Å². The number of nitrogens with one attached hydrogen (secondary N) is 1. The van der Waals surface area contributed by atoms with E-state index in [-0.39, 0.29) is 17.7 Å². The van der Waals surface area contributed by atoms with Gasteiger partial charge in [-0.1, -0.05) is 0 Å². The molecular formula is C15H19N5O2. The molecule has 2 aromatic rings. The maximum atomic E-state index is 11.9. The van der Waals surface area contributed by atoms with Crippen LogP contribution in [0.2, 0.25) is 0 Å². The zero-order valence-corrected chi connectivity index (χ0v) is 12.7. The van der Waals surface area contributed by atoms with E-state index in [1.54, 1.807) is 24.7 Å². The summed E-state index contributed by atoms with van der Waals surface area (Å²) in [5, 5.41) is 6.92. The highest BCUT2D eigenvalue weighted by atomic mass is 16.2. The minimum atomic E-state index is -0.200. The molecule has 3 heterocycles. The Morgan fingerprint density at radius 1 is 1.41 bits per heavy atom. The first-order valence-corrected chi connectivity index (χ1v) is 7.42. The third-order valence-corrected chi connectivity index (χ3v) is 4.19. The van der Waals surface area contributed by atoms with E-state index in [4.69, 9.17) is 0 Å². The molecule has 0 aromatic carbocycles. The van der Waals surface area contributed by atoms with Crippen molar-refractivity contribution in [2.75, 3.05) is 20.1 Å². The van der Waals surface area contributed by atoms with Crippen LogP contribution in [0.15, 0.2) is 18.5 Å². The highest BCUT2D eigenvalue weighted by Crippen LogP contribution is 2.27. The summed E-state index contributed by atoms with van der Waals surface area (Å²) >= 11 is 0. The minimum absolute atomic E-state index is 0.0986. The van der Waals surface area contributed by atoms with Gasteiger partial charge in [-0.2, -0.15) is 5.10 Å². The van der Waals surface area contributed by atoms with Gasteiger partial charge in [0.05, 0.1) is 11.9 Å². The van der Waals surface area contributed by atoms with Crippen LogP contribution in [-0.4, -0.2) is 51.4 Å². The highest BCUT2D eigenvalue weighted by Gasteiger charge is 2.26. The topological polar surface area (TPSA) is 79.6 Å². The summed E-state index contributed by atoms with van der Waals surface area (Å²) in [5.74, 6) is 0.107. The molecule has 0 bridgehead atoms. The number of aromatic nitrogens is 3. The maximum Gasteiger partial charge on any atom is 0.256 e. The van der Waals surface area contributed by atoms with Gasteiger partial charge in [0, 0.05) is 39.2 Å². The van der Waals surface area contributed by atoms with Crippen LogP contribution in [-0.2, 0) is 4.79 Å². The summed E-state index contributed by atoms with van der Waals surface area (Å²) in [6.45, 7) is 3.09. The second kappa shape index (κ2) is 5.75. The van der Waals surface area contributed by atoms with Gasteiger partial charge in [-0.05, 0) is 18.9 Å². The zero-order chi connectivity index (χ0) is 15.7. The fraction of sp³-hybridized carbons (Fsp3) is 0.467. The maximum absolute atomic E-state index is 11.9. The third-order valence-electron chi connectivity index (χ3n) is 4.19. The Balaban J connectivity index is 1.99. The van der Waals surface area contributed by atoms with Crippen LogP contribution >= 0.6 is 0 Å². The van der Waals surface area contributed by atoms with Crippen molar-refractivity contribution >= 4 is 17.5 Å². The molecule has 2 aromatic heterocycles. The lowest BCUT2D eigenvalue weighted by atomic mass is 9.94. The van der Waals surface area contributed by atoms with Crippen LogP contribution < -0.4 is 5.32 Å². The predicted octanol–water partition coefficient (Wildman–Crippen LogP) is 0.815. The smallest absolute Gasteiger partial charge is 0.256 e. The van der Waals surface area contributed by atoms with E-state index in [1.165, 1.54) is 6.20 Å². The Morgan fingerprint density at radius 3 is 2.95 bits per heavy atom. The Hall–Kier alpha value is -2.44. The quantitative estimate of drug-likeness (QED) is 0.890. The predicted molar refractivity (Wildman–Crippen MR) is 80.6 cm³/mol. The largest absolute Gasteiger partial charge is 0.355 e. The molecule has 7 nitrogen and oxygen atoms in total. The third kappa shape index (κ3) is 2.43. The van der Waals surface area contributed by atoms with Gasteiger partial charge in [0.15, 0.2) is 5.65 Å². The van der Waals surface area contributed by atoms with E-state index in [0.717, 1.165) is 25.1 Å². The van der Waals surface area contributed by atoms with Gasteiger partial charge in [0.2, 0.25) is 5.91 Å². The van der Waals surface area contributed by atoms with E-state index in [1.807, 2.05) is 11.0 Å². The van der Waals surface area contributed by atoms with Crippen molar-refractivity contribution in [1.82, 2.24) is 24.8 Å². The number of rotatable bonds is 2. The van der Waals surface area contributed by atoms with Crippen molar-refractivity contribution < 1.29 is 9.59 Å². The lowest BCUT2D eigenvalue weighted by Crippen LogP contribution is -2.38. The summed E-state index contributed by atoms with van der Waals surface area (Å²) in [4.78, 5) is 29.6. The molecule has 1 aliphatic heterocycles. The molecule has 22 heavy (non-hydrogen) atoms. The van der Waals surface area contributed by atoms with Crippen molar-refractivity contribution in [1.29, 1.82) is 0 Å². The van der Waals surface area contributed by atoms with E-state index in [9.17, 15) is 9.59 Å². The molecule has 0 spiro atoms. The highest BCUT2D eigenvalue weighted by molar-refractivity contribution is 5.99. The van der Waals surface area contributed by atoms with E-state index >= 15 is 0 Å². The van der Waals surface area contributed by atoms with Crippen LogP contribution in [0.4, 0.5) is 0 Å². The normalized spacial score (nSPS) is 18.5. The molecule has 0 aliphatic carbocycles. The molecule has 1 saturated heterocycles. The fourth-order valence-corrected chi connectivity index (χ4v) is 3.02. The Kier molecular flexibility index (Phi) is 3.79. The number of piperidine rings is 1. The lowest BCUT2D eigenvalue weighted by Gasteiger charge is -2.32.